The van der Waals surface area contributed by atoms with Crippen molar-refractivity contribution >= 4 is 32.9 Å². The summed E-state index contributed by atoms with van der Waals surface area (Å²) in [5, 5.41) is 2.95. The first-order chi connectivity index (χ1) is 11.1. The topological polar surface area (TPSA) is 56.2 Å². The average molecular weight is 378 g/mol. The fourth-order valence-corrected chi connectivity index (χ4v) is 3.11. The zero-order valence-electron chi connectivity index (χ0n) is 12.9. The Morgan fingerprint density at radius 2 is 2.30 bits per heavy atom. The number of halogens is 1. The number of nitrogens with zero attached hydrogens (tertiary/aromatic N) is 2. The molecule has 0 bridgehead atoms. The molecule has 1 aromatic heterocycles. The Kier molecular flexibility index (Phi) is 5.13. The summed E-state index contributed by atoms with van der Waals surface area (Å²) in [5.74, 6) is 0.925. The molecule has 1 fully saturated rings. The second kappa shape index (κ2) is 7.27. The highest BCUT2D eigenvalue weighted by Gasteiger charge is 2.23. The van der Waals surface area contributed by atoms with Gasteiger partial charge in [0.25, 0.3) is 0 Å². The highest BCUT2D eigenvalue weighted by molar-refractivity contribution is 9.11. The monoisotopic (exact) mass is 377 g/mol. The first-order valence-corrected chi connectivity index (χ1v) is 8.61. The number of fused-ring (bicyclic) bond motifs is 1. The third-order valence-electron chi connectivity index (χ3n) is 3.93. The summed E-state index contributed by atoms with van der Waals surface area (Å²) in [6.07, 6.45) is 2.17. The van der Waals surface area contributed by atoms with E-state index in [9.17, 15) is 4.79 Å². The van der Waals surface area contributed by atoms with Gasteiger partial charge in [0.15, 0.2) is 0 Å². The van der Waals surface area contributed by atoms with Crippen LogP contribution in [0.15, 0.2) is 35.3 Å². The number of para-hydroxylation sites is 2. The van der Waals surface area contributed by atoms with Gasteiger partial charge in [0.2, 0.25) is 5.91 Å². The molecular weight excluding hydrogens is 358 g/mol. The minimum Gasteiger partial charge on any atom is -0.368 e. The second-order valence-corrected chi connectivity index (χ2v) is 6.78. The van der Waals surface area contributed by atoms with Crippen molar-refractivity contribution < 1.29 is 9.53 Å². The van der Waals surface area contributed by atoms with Crippen LogP contribution in [-0.2, 0) is 22.5 Å². The molecule has 1 aromatic carbocycles. The fourth-order valence-electron chi connectivity index (χ4n) is 2.86. The van der Waals surface area contributed by atoms with E-state index in [0.29, 0.717) is 26.1 Å². The van der Waals surface area contributed by atoms with E-state index in [2.05, 4.69) is 37.4 Å². The average Bonchev–Trinajstić information content (AvgIpc) is 3.16. The van der Waals surface area contributed by atoms with Crippen LogP contribution >= 0.6 is 15.9 Å². The first kappa shape index (κ1) is 16.2. The summed E-state index contributed by atoms with van der Waals surface area (Å²) in [4.78, 5) is 16.7. The Labute approximate surface area is 143 Å². The lowest BCUT2D eigenvalue weighted by molar-refractivity contribution is -0.129. The van der Waals surface area contributed by atoms with E-state index in [-0.39, 0.29) is 12.0 Å². The maximum atomic E-state index is 12.0. The van der Waals surface area contributed by atoms with E-state index in [1.54, 1.807) is 0 Å². The summed E-state index contributed by atoms with van der Waals surface area (Å²) < 4.78 is 8.41. The van der Waals surface area contributed by atoms with Gasteiger partial charge in [-0.25, -0.2) is 4.98 Å². The van der Waals surface area contributed by atoms with Crippen molar-refractivity contribution in [3.05, 3.63) is 41.2 Å². The molecular formula is C17H20BrN3O2. The van der Waals surface area contributed by atoms with E-state index in [4.69, 9.17) is 4.74 Å². The van der Waals surface area contributed by atoms with E-state index in [1.165, 1.54) is 0 Å². The number of hydrogen-bond acceptors (Lipinski definition) is 3. The number of imidazole rings is 1. The van der Waals surface area contributed by atoms with Crippen molar-refractivity contribution in [3.8, 4) is 0 Å². The van der Waals surface area contributed by atoms with E-state index < -0.39 is 0 Å². The van der Waals surface area contributed by atoms with Gasteiger partial charge in [-0.05, 0) is 25.0 Å². The third-order valence-corrected chi connectivity index (χ3v) is 4.18. The molecule has 1 atom stereocenters. The van der Waals surface area contributed by atoms with E-state index in [0.717, 1.165) is 34.2 Å². The van der Waals surface area contributed by atoms with E-state index in [1.807, 2.05) is 24.3 Å². The molecule has 1 N–H and O–H groups in total. The number of amides is 1. The van der Waals surface area contributed by atoms with Crippen molar-refractivity contribution in [2.45, 2.75) is 31.9 Å². The largest absolute Gasteiger partial charge is 0.368 e. The standard InChI is InChI=1S/C17H20BrN3O2/c1-12(18)11-21-14-6-3-2-5-13(14)20-16(21)8-9-19-17(22)15-7-4-10-23-15/h2-3,5-6,15H,1,4,7-11H2,(H,19,22). The molecule has 1 aliphatic heterocycles. The number of rotatable bonds is 6. The van der Waals surface area contributed by atoms with Crippen LogP contribution in [0.3, 0.4) is 0 Å². The number of carbonyl (C=O) groups is 1. The first-order valence-electron chi connectivity index (χ1n) is 7.82. The maximum absolute atomic E-state index is 12.0. The van der Waals surface area contributed by atoms with Crippen LogP contribution in [0, 0.1) is 0 Å². The number of hydrogen-bond donors (Lipinski definition) is 1. The molecule has 1 unspecified atom stereocenters. The quantitative estimate of drug-likeness (QED) is 0.841. The summed E-state index contributed by atoms with van der Waals surface area (Å²) in [6.45, 7) is 5.82. The smallest absolute Gasteiger partial charge is 0.249 e. The molecule has 2 aromatic rings. The number of nitrogens with one attached hydrogen (secondary N) is 1. The number of ether oxygens (including phenoxy) is 1. The molecule has 2 heterocycles. The molecule has 6 heteroatoms. The van der Waals surface area contributed by atoms with Gasteiger partial charge in [0, 0.05) is 24.1 Å². The fraction of sp³-hybridized carbons (Fsp3) is 0.412. The third kappa shape index (κ3) is 3.82. The molecule has 23 heavy (non-hydrogen) atoms. The van der Waals surface area contributed by atoms with Crippen LogP contribution in [0.2, 0.25) is 0 Å². The lowest BCUT2D eigenvalue weighted by atomic mass is 10.2. The molecule has 1 amide bonds. The summed E-state index contributed by atoms with van der Waals surface area (Å²) in [6, 6.07) is 8.02. The van der Waals surface area contributed by atoms with Crippen LogP contribution in [0.1, 0.15) is 18.7 Å². The van der Waals surface area contributed by atoms with Gasteiger partial charge in [0.05, 0.1) is 17.6 Å². The number of benzene rings is 1. The van der Waals surface area contributed by atoms with Gasteiger partial charge in [-0.15, -0.1) is 0 Å². The Morgan fingerprint density at radius 3 is 3.04 bits per heavy atom. The van der Waals surface area contributed by atoms with E-state index >= 15 is 0 Å². The molecule has 1 aliphatic rings. The Balaban J connectivity index is 1.69. The zero-order chi connectivity index (χ0) is 16.2. The minimum absolute atomic E-state index is 0.0185. The SMILES string of the molecule is C=C(Br)Cn1c(CCNC(=O)C2CCCO2)nc2ccccc21. The lowest BCUT2D eigenvalue weighted by Gasteiger charge is -2.11. The maximum Gasteiger partial charge on any atom is 0.249 e. The van der Waals surface area contributed by atoms with Gasteiger partial charge in [-0.3, -0.25) is 4.79 Å². The van der Waals surface area contributed by atoms with Crippen LogP contribution in [-0.4, -0.2) is 34.7 Å². The van der Waals surface area contributed by atoms with Crippen molar-refractivity contribution in [3.63, 3.8) is 0 Å². The molecule has 0 spiro atoms. The second-order valence-electron chi connectivity index (χ2n) is 5.66. The highest BCUT2D eigenvalue weighted by atomic mass is 79.9. The molecule has 0 aliphatic carbocycles. The van der Waals surface area contributed by atoms with Crippen molar-refractivity contribution in [1.29, 1.82) is 0 Å². The number of carbonyl (C=O) groups excluding carboxylic acids is 1. The number of aromatic nitrogens is 2. The Hall–Kier alpha value is -1.66. The van der Waals surface area contributed by atoms with Crippen molar-refractivity contribution in [1.82, 2.24) is 14.9 Å². The highest BCUT2D eigenvalue weighted by Crippen LogP contribution is 2.19. The van der Waals surface area contributed by atoms with Gasteiger partial charge in [0.1, 0.15) is 11.9 Å². The zero-order valence-corrected chi connectivity index (χ0v) is 14.5. The molecule has 3 rings (SSSR count). The predicted octanol–water partition coefficient (Wildman–Crippen LogP) is 2.78. The van der Waals surface area contributed by atoms with Gasteiger partial charge in [-0.2, -0.15) is 0 Å². The van der Waals surface area contributed by atoms with Crippen LogP contribution < -0.4 is 5.32 Å². The van der Waals surface area contributed by atoms with Gasteiger partial charge >= 0.3 is 0 Å². The molecule has 122 valence electrons. The normalized spacial score (nSPS) is 17.5. The molecule has 0 radical (unpaired) electrons. The van der Waals surface area contributed by atoms with Crippen LogP contribution in [0.4, 0.5) is 0 Å². The van der Waals surface area contributed by atoms with Crippen LogP contribution in [0.25, 0.3) is 11.0 Å². The Bertz CT molecular complexity index is 720. The predicted molar refractivity (Wildman–Crippen MR) is 93.5 cm³/mol. The summed E-state index contributed by atoms with van der Waals surface area (Å²) >= 11 is 3.42. The Morgan fingerprint density at radius 1 is 1.48 bits per heavy atom. The van der Waals surface area contributed by atoms with Gasteiger partial charge in [-0.1, -0.05) is 34.6 Å². The molecule has 1 saturated heterocycles. The lowest BCUT2D eigenvalue weighted by Crippen LogP contribution is -2.35. The van der Waals surface area contributed by atoms with Gasteiger partial charge < -0.3 is 14.6 Å². The van der Waals surface area contributed by atoms with Crippen LogP contribution in [0.5, 0.6) is 0 Å². The molecule has 0 saturated carbocycles. The minimum atomic E-state index is -0.281. The van der Waals surface area contributed by atoms with Crippen molar-refractivity contribution in [2.75, 3.05) is 13.2 Å². The number of allylic oxidation sites excluding steroid dienone is 1. The summed E-state index contributed by atoms with van der Waals surface area (Å²) in [7, 11) is 0. The molecule has 5 nitrogen and oxygen atoms in total. The van der Waals surface area contributed by atoms with Crippen molar-refractivity contribution in [2.24, 2.45) is 0 Å². The summed E-state index contributed by atoms with van der Waals surface area (Å²) in [5.41, 5.74) is 2.04.